The number of likely N-dealkylation sites (tertiary alicyclic amines) is 1. The first kappa shape index (κ1) is 18.6. The van der Waals surface area contributed by atoms with Crippen molar-refractivity contribution >= 4 is 5.65 Å². The summed E-state index contributed by atoms with van der Waals surface area (Å²) in [4.78, 5) is 7.45. The van der Waals surface area contributed by atoms with Gasteiger partial charge in [0.15, 0.2) is 5.65 Å². The lowest BCUT2D eigenvalue weighted by Crippen LogP contribution is -2.21. The van der Waals surface area contributed by atoms with Gasteiger partial charge in [0.2, 0.25) is 0 Å². The van der Waals surface area contributed by atoms with Gasteiger partial charge in [0.1, 0.15) is 5.75 Å². The summed E-state index contributed by atoms with van der Waals surface area (Å²) in [6.45, 7) is 4.42. The van der Waals surface area contributed by atoms with Crippen molar-refractivity contribution in [3.8, 4) is 17.0 Å². The molecule has 1 aliphatic heterocycles. The molecule has 0 bridgehead atoms. The highest BCUT2D eigenvalue weighted by atomic mass is 16.5. The van der Waals surface area contributed by atoms with Crippen molar-refractivity contribution in [1.29, 1.82) is 0 Å². The van der Waals surface area contributed by atoms with Crippen LogP contribution in [0.3, 0.4) is 0 Å². The summed E-state index contributed by atoms with van der Waals surface area (Å²) in [5.41, 5.74) is 5.93. The van der Waals surface area contributed by atoms with E-state index in [0.29, 0.717) is 0 Å². The van der Waals surface area contributed by atoms with E-state index < -0.39 is 0 Å². The van der Waals surface area contributed by atoms with E-state index >= 15 is 0 Å². The van der Waals surface area contributed by atoms with Crippen molar-refractivity contribution in [3.63, 3.8) is 0 Å². The highest BCUT2D eigenvalue weighted by Gasteiger charge is 2.19. The van der Waals surface area contributed by atoms with Gasteiger partial charge < -0.3 is 9.64 Å². The van der Waals surface area contributed by atoms with Gasteiger partial charge in [0.05, 0.1) is 18.5 Å². The molecule has 1 aliphatic carbocycles. The first-order valence-electron chi connectivity index (χ1n) is 11.2. The molecule has 0 N–H and O–H groups in total. The lowest BCUT2D eigenvalue weighted by Gasteiger charge is -2.16. The topological polar surface area (TPSA) is 42.7 Å². The van der Waals surface area contributed by atoms with E-state index in [1.54, 1.807) is 0 Å². The van der Waals surface area contributed by atoms with Gasteiger partial charge in [-0.2, -0.15) is 5.10 Å². The number of hydrogen-bond donors (Lipinski definition) is 0. The van der Waals surface area contributed by atoms with Gasteiger partial charge in [0, 0.05) is 29.4 Å². The Bertz CT molecular complexity index is 974. The number of rotatable bonds is 6. The Kier molecular flexibility index (Phi) is 5.48. The van der Waals surface area contributed by atoms with Crippen LogP contribution in [0.4, 0.5) is 0 Å². The van der Waals surface area contributed by atoms with Crippen LogP contribution in [0.5, 0.6) is 5.75 Å². The van der Waals surface area contributed by atoms with Gasteiger partial charge in [-0.05, 0) is 70.2 Å². The van der Waals surface area contributed by atoms with E-state index in [0.717, 1.165) is 43.8 Å². The maximum atomic E-state index is 6.12. The smallest absolute Gasteiger partial charge is 0.155 e. The minimum Gasteiger partial charge on any atom is -0.494 e. The van der Waals surface area contributed by atoms with Crippen molar-refractivity contribution in [2.45, 2.75) is 51.4 Å². The maximum absolute atomic E-state index is 6.12. The lowest BCUT2D eigenvalue weighted by atomic mass is 10.0. The van der Waals surface area contributed by atoms with Gasteiger partial charge in [-0.25, -0.2) is 9.50 Å². The number of fused-ring (bicyclic) bond motifs is 2. The molecule has 5 heteroatoms. The van der Waals surface area contributed by atoms with Gasteiger partial charge in [0.25, 0.3) is 0 Å². The quantitative estimate of drug-likeness (QED) is 0.458. The second-order valence-corrected chi connectivity index (χ2v) is 8.33. The number of ether oxygens (including phenoxy) is 1. The normalized spacial score (nSPS) is 17.4. The molecule has 29 heavy (non-hydrogen) atoms. The highest BCUT2D eigenvalue weighted by molar-refractivity contribution is 5.69. The number of benzene rings is 1. The zero-order valence-corrected chi connectivity index (χ0v) is 17.1. The van der Waals surface area contributed by atoms with Crippen LogP contribution in [-0.2, 0) is 12.8 Å². The molecule has 5 rings (SSSR count). The predicted octanol–water partition coefficient (Wildman–Crippen LogP) is 4.53. The first-order valence-corrected chi connectivity index (χ1v) is 11.2. The SMILES string of the molecule is c1cc(OCCCN2CCCC2)cc(-c2c3c(nc4ccnn24)CCCCC3)c1. The summed E-state index contributed by atoms with van der Waals surface area (Å²) < 4.78 is 8.13. The Balaban J connectivity index is 1.39. The molecule has 2 aliphatic rings. The van der Waals surface area contributed by atoms with Crippen LogP contribution in [0.15, 0.2) is 36.5 Å². The van der Waals surface area contributed by atoms with Crippen molar-refractivity contribution in [1.82, 2.24) is 19.5 Å². The van der Waals surface area contributed by atoms with Gasteiger partial charge in [-0.1, -0.05) is 18.6 Å². The third-order valence-electron chi connectivity index (χ3n) is 6.25. The molecule has 0 radical (unpaired) electrons. The molecule has 0 unspecified atom stereocenters. The van der Waals surface area contributed by atoms with Gasteiger partial charge in [-0.3, -0.25) is 0 Å². The Morgan fingerprint density at radius 2 is 1.86 bits per heavy atom. The molecule has 2 aromatic heterocycles. The van der Waals surface area contributed by atoms with Crippen LogP contribution in [0, 0.1) is 0 Å². The van der Waals surface area contributed by atoms with Gasteiger partial charge in [-0.15, -0.1) is 0 Å². The second-order valence-electron chi connectivity index (χ2n) is 8.33. The molecule has 1 saturated heterocycles. The largest absolute Gasteiger partial charge is 0.494 e. The molecular weight excluding hydrogens is 360 g/mol. The van der Waals surface area contributed by atoms with E-state index in [9.17, 15) is 0 Å². The Morgan fingerprint density at radius 3 is 2.79 bits per heavy atom. The summed E-state index contributed by atoms with van der Waals surface area (Å²) >= 11 is 0. The van der Waals surface area contributed by atoms with Crippen molar-refractivity contribution in [3.05, 3.63) is 47.8 Å². The van der Waals surface area contributed by atoms with E-state index in [2.05, 4.69) is 34.3 Å². The third-order valence-corrected chi connectivity index (χ3v) is 6.25. The van der Waals surface area contributed by atoms with Crippen molar-refractivity contribution in [2.24, 2.45) is 0 Å². The van der Waals surface area contributed by atoms with Crippen LogP contribution in [0.1, 0.15) is 49.8 Å². The Morgan fingerprint density at radius 1 is 0.966 bits per heavy atom. The summed E-state index contributed by atoms with van der Waals surface area (Å²) in [5.74, 6) is 0.948. The fourth-order valence-electron chi connectivity index (χ4n) is 4.78. The van der Waals surface area contributed by atoms with E-state index in [4.69, 9.17) is 9.72 Å². The Hall–Kier alpha value is -2.40. The molecule has 1 fully saturated rings. The van der Waals surface area contributed by atoms with Crippen LogP contribution < -0.4 is 4.74 Å². The number of hydrogen-bond acceptors (Lipinski definition) is 4. The maximum Gasteiger partial charge on any atom is 0.155 e. The van der Waals surface area contributed by atoms with Crippen LogP contribution in [0.2, 0.25) is 0 Å². The van der Waals surface area contributed by atoms with E-state index in [1.165, 1.54) is 67.7 Å². The van der Waals surface area contributed by atoms with Crippen molar-refractivity contribution in [2.75, 3.05) is 26.2 Å². The minimum absolute atomic E-state index is 0.769. The van der Waals surface area contributed by atoms with E-state index in [-0.39, 0.29) is 0 Å². The molecule has 3 heterocycles. The lowest BCUT2D eigenvalue weighted by molar-refractivity contribution is 0.263. The summed E-state index contributed by atoms with van der Waals surface area (Å²) in [5, 5.41) is 4.59. The molecule has 0 spiro atoms. The average molecular weight is 391 g/mol. The summed E-state index contributed by atoms with van der Waals surface area (Å²) in [6, 6.07) is 10.5. The fourth-order valence-corrected chi connectivity index (χ4v) is 4.78. The zero-order valence-electron chi connectivity index (χ0n) is 17.1. The van der Waals surface area contributed by atoms with Gasteiger partial charge >= 0.3 is 0 Å². The highest BCUT2D eigenvalue weighted by Crippen LogP contribution is 2.32. The minimum atomic E-state index is 0.769. The molecular formula is C24H30N4O. The van der Waals surface area contributed by atoms with Crippen LogP contribution in [0.25, 0.3) is 16.9 Å². The number of nitrogens with zero attached hydrogens (tertiary/aromatic N) is 4. The first-order chi connectivity index (χ1) is 14.4. The van der Waals surface area contributed by atoms with E-state index in [1.807, 2.05) is 16.8 Å². The molecule has 0 atom stereocenters. The monoisotopic (exact) mass is 390 g/mol. The van der Waals surface area contributed by atoms with Crippen LogP contribution in [-0.4, -0.2) is 45.7 Å². The molecule has 152 valence electrons. The summed E-state index contributed by atoms with van der Waals surface area (Å²) in [7, 11) is 0. The predicted molar refractivity (Wildman–Crippen MR) is 115 cm³/mol. The Labute approximate surface area is 172 Å². The zero-order chi connectivity index (χ0) is 19.5. The summed E-state index contributed by atoms with van der Waals surface area (Å²) in [6.07, 6.45) is 11.5. The van der Waals surface area contributed by atoms with Crippen LogP contribution >= 0.6 is 0 Å². The molecule has 5 nitrogen and oxygen atoms in total. The number of aromatic nitrogens is 3. The van der Waals surface area contributed by atoms with Crippen molar-refractivity contribution < 1.29 is 4.74 Å². The fraction of sp³-hybridized carbons (Fsp3) is 0.500. The molecule has 0 saturated carbocycles. The molecule has 1 aromatic carbocycles. The second kappa shape index (κ2) is 8.54. The average Bonchev–Trinajstić information content (AvgIpc) is 3.37. The molecule has 3 aromatic rings. The third kappa shape index (κ3) is 4.01. The standard InChI is InChI=1S/C24H30N4O/c1-2-10-21-22(11-3-1)26-23-12-13-25-28(23)24(21)19-8-6-9-20(18-19)29-17-7-16-27-14-4-5-15-27/h6,8-9,12-13,18H,1-5,7,10-11,14-17H2. The molecule has 0 amide bonds. The number of aryl methyl sites for hydroxylation is 1.